The predicted molar refractivity (Wildman–Crippen MR) is 111 cm³/mol. The number of hydrogen-bond donors (Lipinski definition) is 2. The van der Waals surface area contributed by atoms with Crippen molar-refractivity contribution in [1.29, 1.82) is 0 Å². The van der Waals surface area contributed by atoms with Crippen LogP contribution < -0.4 is 10.6 Å². The first-order chi connectivity index (χ1) is 12.7. The number of carbonyl (C=O) groups is 1. The van der Waals surface area contributed by atoms with Crippen molar-refractivity contribution in [3.63, 3.8) is 0 Å². The standard InChI is InChI=1S/C17H24N6O3.HI/c1-18-17(20-10-16(24)19-9-14-4-3-6-25-14)23-5-7-26-15(12-23)13-8-21-22(2)11-13;/h3-4,6,8,11,15H,5,7,9-10,12H2,1-2H3,(H,18,20)(H,19,24);1H. The third kappa shape index (κ3) is 5.96. The zero-order valence-corrected chi connectivity index (χ0v) is 17.8. The fraction of sp³-hybridized carbons (Fsp3) is 0.471. The number of hydrogen-bond acceptors (Lipinski definition) is 5. The van der Waals surface area contributed by atoms with Crippen molar-refractivity contribution in [1.82, 2.24) is 25.3 Å². The Bertz CT molecular complexity index is 746. The van der Waals surface area contributed by atoms with Gasteiger partial charge < -0.3 is 24.7 Å². The van der Waals surface area contributed by atoms with Gasteiger partial charge in [0.1, 0.15) is 11.9 Å². The second-order valence-electron chi connectivity index (χ2n) is 6.01. The number of guanidine groups is 1. The van der Waals surface area contributed by atoms with Gasteiger partial charge in [-0.1, -0.05) is 0 Å². The van der Waals surface area contributed by atoms with E-state index in [0.29, 0.717) is 32.2 Å². The highest BCUT2D eigenvalue weighted by molar-refractivity contribution is 14.0. The summed E-state index contributed by atoms with van der Waals surface area (Å²) in [5, 5.41) is 10.1. The summed E-state index contributed by atoms with van der Waals surface area (Å²) >= 11 is 0. The van der Waals surface area contributed by atoms with E-state index >= 15 is 0 Å². The Balaban J connectivity index is 0.00000261. The molecule has 1 unspecified atom stereocenters. The highest BCUT2D eigenvalue weighted by Gasteiger charge is 2.25. The molecule has 1 aliphatic rings. The van der Waals surface area contributed by atoms with Crippen LogP contribution in [0.15, 0.2) is 40.2 Å². The third-order valence-corrected chi connectivity index (χ3v) is 4.12. The summed E-state index contributed by atoms with van der Waals surface area (Å²) in [7, 11) is 3.59. The van der Waals surface area contributed by atoms with Crippen LogP contribution in [-0.2, 0) is 23.1 Å². The zero-order chi connectivity index (χ0) is 18.4. The number of ether oxygens (including phenoxy) is 1. The molecule has 10 heteroatoms. The number of furan rings is 1. The Labute approximate surface area is 175 Å². The number of aryl methyl sites for hydroxylation is 1. The summed E-state index contributed by atoms with van der Waals surface area (Å²) in [4.78, 5) is 18.4. The Morgan fingerprint density at radius 3 is 2.96 bits per heavy atom. The molecule has 0 bridgehead atoms. The van der Waals surface area contributed by atoms with Crippen LogP contribution in [0.4, 0.5) is 0 Å². The molecule has 0 saturated carbocycles. The van der Waals surface area contributed by atoms with Crippen LogP contribution in [-0.4, -0.2) is 59.8 Å². The van der Waals surface area contributed by atoms with Crippen molar-refractivity contribution in [2.75, 3.05) is 33.3 Å². The maximum Gasteiger partial charge on any atom is 0.239 e. The summed E-state index contributed by atoms with van der Waals surface area (Å²) in [6, 6.07) is 3.61. The van der Waals surface area contributed by atoms with Gasteiger partial charge in [0.25, 0.3) is 0 Å². The number of morpholine rings is 1. The molecule has 1 fully saturated rings. The molecule has 2 aromatic rings. The first-order valence-corrected chi connectivity index (χ1v) is 8.50. The van der Waals surface area contributed by atoms with E-state index < -0.39 is 0 Å². The Hall–Kier alpha value is -2.08. The van der Waals surface area contributed by atoms with Crippen LogP contribution in [0, 0.1) is 0 Å². The smallest absolute Gasteiger partial charge is 0.239 e. The van der Waals surface area contributed by atoms with E-state index in [2.05, 4.69) is 25.6 Å². The number of rotatable bonds is 5. The number of carbonyl (C=O) groups excluding carboxylic acids is 1. The molecule has 2 aromatic heterocycles. The average molecular weight is 488 g/mol. The lowest BCUT2D eigenvalue weighted by molar-refractivity contribution is -0.120. The van der Waals surface area contributed by atoms with E-state index in [-0.39, 0.29) is 42.5 Å². The van der Waals surface area contributed by atoms with Crippen molar-refractivity contribution in [2.24, 2.45) is 12.0 Å². The molecule has 1 aliphatic heterocycles. The van der Waals surface area contributed by atoms with Gasteiger partial charge in [-0.05, 0) is 12.1 Å². The molecule has 148 valence electrons. The number of aromatic nitrogens is 2. The summed E-state index contributed by atoms with van der Waals surface area (Å²) in [5.74, 6) is 1.27. The minimum Gasteiger partial charge on any atom is -0.467 e. The Kier molecular flexibility index (Phi) is 8.10. The number of aliphatic imine (C=N–C) groups is 1. The molecule has 3 heterocycles. The molecule has 1 saturated heterocycles. The van der Waals surface area contributed by atoms with E-state index in [9.17, 15) is 4.79 Å². The van der Waals surface area contributed by atoms with Crippen molar-refractivity contribution in [3.8, 4) is 0 Å². The normalized spacial score (nSPS) is 17.3. The van der Waals surface area contributed by atoms with Gasteiger partial charge in [0.05, 0.1) is 38.7 Å². The van der Waals surface area contributed by atoms with Crippen molar-refractivity contribution in [2.45, 2.75) is 12.6 Å². The molecule has 0 aromatic carbocycles. The predicted octanol–water partition coefficient (Wildman–Crippen LogP) is 0.896. The average Bonchev–Trinajstić information content (AvgIpc) is 3.32. The maximum absolute atomic E-state index is 12.0. The van der Waals surface area contributed by atoms with Gasteiger partial charge in [-0.15, -0.1) is 24.0 Å². The fourth-order valence-corrected chi connectivity index (χ4v) is 2.80. The van der Waals surface area contributed by atoms with Crippen LogP contribution in [0.3, 0.4) is 0 Å². The van der Waals surface area contributed by atoms with Gasteiger partial charge >= 0.3 is 0 Å². The maximum atomic E-state index is 12.0. The van der Waals surface area contributed by atoms with E-state index in [1.165, 1.54) is 0 Å². The molecule has 0 radical (unpaired) electrons. The molecular weight excluding hydrogens is 463 g/mol. The van der Waals surface area contributed by atoms with Crippen LogP contribution in [0.1, 0.15) is 17.4 Å². The topological polar surface area (TPSA) is 96.9 Å². The highest BCUT2D eigenvalue weighted by atomic mass is 127. The minimum atomic E-state index is -0.125. The van der Waals surface area contributed by atoms with Crippen LogP contribution in [0.2, 0.25) is 0 Å². The highest BCUT2D eigenvalue weighted by Crippen LogP contribution is 2.21. The first-order valence-electron chi connectivity index (χ1n) is 8.50. The number of halogens is 1. The Morgan fingerprint density at radius 2 is 2.30 bits per heavy atom. The zero-order valence-electron chi connectivity index (χ0n) is 15.4. The lowest BCUT2D eigenvalue weighted by atomic mass is 10.1. The van der Waals surface area contributed by atoms with E-state index in [4.69, 9.17) is 9.15 Å². The summed E-state index contributed by atoms with van der Waals surface area (Å²) < 4.78 is 12.8. The molecule has 2 N–H and O–H groups in total. The van der Waals surface area contributed by atoms with Gasteiger partial charge in [-0.2, -0.15) is 5.10 Å². The third-order valence-electron chi connectivity index (χ3n) is 4.12. The molecule has 1 amide bonds. The van der Waals surface area contributed by atoms with Crippen molar-refractivity contribution < 1.29 is 13.9 Å². The molecule has 0 spiro atoms. The lowest BCUT2D eigenvalue weighted by Crippen LogP contribution is -2.50. The summed E-state index contributed by atoms with van der Waals surface area (Å²) in [6.07, 6.45) is 5.28. The van der Waals surface area contributed by atoms with E-state index in [1.54, 1.807) is 24.1 Å². The number of amides is 1. The summed E-state index contributed by atoms with van der Waals surface area (Å²) in [6.45, 7) is 2.46. The largest absolute Gasteiger partial charge is 0.467 e. The van der Waals surface area contributed by atoms with Crippen LogP contribution in [0.5, 0.6) is 0 Å². The van der Waals surface area contributed by atoms with Gasteiger partial charge in [0, 0.05) is 32.4 Å². The first kappa shape index (κ1) is 21.2. The quantitative estimate of drug-likeness (QED) is 0.369. The van der Waals surface area contributed by atoms with Crippen molar-refractivity contribution in [3.05, 3.63) is 42.1 Å². The van der Waals surface area contributed by atoms with Crippen molar-refractivity contribution >= 4 is 35.8 Å². The second kappa shape index (κ2) is 10.3. The molecule has 1 atom stereocenters. The van der Waals surface area contributed by atoms with Crippen LogP contribution >= 0.6 is 24.0 Å². The second-order valence-corrected chi connectivity index (χ2v) is 6.01. The summed E-state index contributed by atoms with van der Waals surface area (Å²) in [5.41, 5.74) is 1.03. The monoisotopic (exact) mass is 488 g/mol. The Morgan fingerprint density at radius 1 is 1.44 bits per heavy atom. The minimum absolute atomic E-state index is 0. The van der Waals surface area contributed by atoms with Gasteiger partial charge in [0.15, 0.2) is 5.96 Å². The fourth-order valence-electron chi connectivity index (χ4n) is 2.80. The number of nitrogens with one attached hydrogen (secondary N) is 2. The van der Waals surface area contributed by atoms with Gasteiger partial charge in [0.2, 0.25) is 5.91 Å². The molecule has 3 rings (SSSR count). The molecule has 0 aliphatic carbocycles. The molecular formula is C17H25IN6O3. The number of nitrogens with zero attached hydrogens (tertiary/aromatic N) is 4. The molecule has 27 heavy (non-hydrogen) atoms. The molecule has 9 nitrogen and oxygen atoms in total. The van der Waals surface area contributed by atoms with E-state index in [0.717, 1.165) is 11.3 Å². The van der Waals surface area contributed by atoms with Gasteiger partial charge in [-0.3, -0.25) is 14.5 Å². The van der Waals surface area contributed by atoms with Crippen LogP contribution in [0.25, 0.3) is 0 Å². The van der Waals surface area contributed by atoms with Gasteiger partial charge in [-0.25, -0.2) is 0 Å². The lowest BCUT2D eigenvalue weighted by Gasteiger charge is -2.34. The SMILES string of the molecule is CN=C(NCC(=O)NCc1ccco1)N1CCOC(c2cnn(C)c2)C1.I. The van der Waals surface area contributed by atoms with E-state index in [1.807, 2.05) is 25.5 Å².